The van der Waals surface area contributed by atoms with Crippen LogP contribution in [0.3, 0.4) is 0 Å². The van der Waals surface area contributed by atoms with Crippen molar-refractivity contribution in [2.45, 2.75) is 26.7 Å². The highest BCUT2D eigenvalue weighted by molar-refractivity contribution is 5.97. The van der Waals surface area contributed by atoms with Crippen molar-refractivity contribution < 1.29 is 9.18 Å². The molecular formula is C21H21FO. The van der Waals surface area contributed by atoms with Crippen molar-refractivity contribution in [1.29, 1.82) is 0 Å². The van der Waals surface area contributed by atoms with Crippen LogP contribution in [-0.2, 0) is 0 Å². The standard InChI is InChI=1S/C21H21FO/c1-21(2)13-12-18(15-8-10-17(22)11-9-15)19(21)14-20(23)16-6-4-3-5-7-16/h3-12,19H,13-14H2,1-2H3. The molecule has 1 unspecified atom stereocenters. The molecule has 1 aliphatic rings. The van der Waals surface area contributed by atoms with Gasteiger partial charge in [-0.05, 0) is 41.0 Å². The molecule has 0 fully saturated rings. The molecule has 0 N–H and O–H groups in total. The fourth-order valence-corrected chi connectivity index (χ4v) is 3.35. The second kappa shape index (κ2) is 6.11. The van der Waals surface area contributed by atoms with E-state index in [4.69, 9.17) is 0 Å². The Labute approximate surface area is 136 Å². The maximum Gasteiger partial charge on any atom is 0.163 e. The molecule has 0 saturated heterocycles. The van der Waals surface area contributed by atoms with Crippen LogP contribution in [0.2, 0.25) is 0 Å². The van der Waals surface area contributed by atoms with E-state index in [1.165, 1.54) is 17.7 Å². The van der Waals surface area contributed by atoms with Crippen molar-refractivity contribution in [3.63, 3.8) is 0 Å². The van der Waals surface area contributed by atoms with Gasteiger partial charge in [-0.2, -0.15) is 0 Å². The molecule has 0 radical (unpaired) electrons. The Balaban J connectivity index is 1.86. The number of benzene rings is 2. The van der Waals surface area contributed by atoms with Crippen molar-refractivity contribution in [2.75, 3.05) is 0 Å². The highest BCUT2D eigenvalue weighted by atomic mass is 19.1. The molecule has 2 heteroatoms. The molecule has 1 nitrogen and oxygen atoms in total. The third kappa shape index (κ3) is 3.26. The van der Waals surface area contributed by atoms with Crippen LogP contribution in [0.15, 0.2) is 60.7 Å². The van der Waals surface area contributed by atoms with Crippen molar-refractivity contribution in [3.05, 3.63) is 77.6 Å². The van der Waals surface area contributed by atoms with E-state index in [0.717, 1.165) is 17.5 Å². The Kier molecular flexibility index (Phi) is 4.16. The maximum absolute atomic E-state index is 13.2. The van der Waals surface area contributed by atoms with Gasteiger partial charge >= 0.3 is 0 Å². The highest BCUT2D eigenvalue weighted by Gasteiger charge is 2.38. The van der Waals surface area contributed by atoms with Crippen LogP contribution in [0.25, 0.3) is 5.57 Å². The first kappa shape index (κ1) is 15.7. The van der Waals surface area contributed by atoms with E-state index in [1.807, 2.05) is 42.5 Å². The number of ketones is 1. The largest absolute Gasteiger partial charge is 0.294 e. The molecule has 118 valence electrons. The molecule has 0 bridgehead atoms. The van der Waals surface area contributed by atoms with Gasteiger partial charge in [-0.25, -0.2) is 4.39 Å². The SMILES string of the molecule is CC1(C)CC=C(c2ccc(F)cc2)C1CC(=O)c1ccccc1. The third-order valence-corrected chi connectivity index (χ3v) is 4.83. The summed E-state index contributed by atoms with van der Waals surface area (Å²) in [4.78, 5) is 12.6. The van der Waals surface area contributed by atoms with E-state index in [1.54, 1.807) is 0 Å². The lowest BCUT2D eigenvalue weighted by molar-refractivity contribution is 0.0944. The van der Waals surface area contributed by atoms with Crippen molar-refractivity contribution in [3.8, 4) is 0 Å². The summed E-state index contributed by atoms with van der Waals surface area (Å²) in [6, 6.07) is 16.0. The molecule has 2 aromatic rings. The van der Waals surface area contributed by atoms with Crippen LogP contribution in [0.4, 0.5) is 4.39 Å². The van der Waals surface area contributed by atoms with Gasteiger partial charge in [0, 0.05) is 12.0 Å². The lowest BCUT2D eigenvalue weighted by Crippen LogP contribution is -2.23. The van der Waals surface area contributed by atoms with E-state index in [9.17, 15) is 9.18 Å². The van der Waals surface area contributed by atoms with Gasteiger partial charge in [0.2, 0.25) is 0 Å². The number of carbonyl (C=O) groups excluding carboxylic acids is 1. The van der Waals surface area contributed by atoms with E-state index in [2.05, 4.69) is 19.9 Å². The smallest absolute Gasteiger partial charge is 0.163 e. The molecule has 1 aliphatic carbocycles. The van der Waals surface area contributed by atoms with Gasteiger partial charge in [-0.1, -0.05) is 62.4 Å². The summed E-state index contributed by atoms with van der Waals surface area (Å²) < 4.78 is 13.2. The average Bonchev–Trinajstić information content (AvgIpc) is 2.84. The molecule has 0 saturated carbocycles. The number of hydrogen-bond donors (Lipinski definition) is 0. The Morgan fingerprint density at radius 1 is 1.09 bits per heavy atom. The zero-order chi connectivity index (χ0) is 16.4. The molecule has 0 aliphatic heterocycles. The minimum atomic E-state index is -0.233. The number of hydrogen-bond acceptors (Lipinski definition) is 1. The summed E-state index contributed by atoms with van der Waals surface area (Å²) in [6.07, 6.45) is 3.63. The van der Waals surface area contributed by atoms with Crippen molar-refractivity contribution >= 4 is 11.4 Å². The first-order valence-corrected chi connectivity index (χ1v) is 8.01. The zero-order valence-electron chi connectivity index (χ0n) is 13.6. The lowest BCUT2D eigenvalue weighted by Gasteiger charge is -2.29. The molecule has 0 aromatic heterocycles. The van der Waals surface area contributed by atoms with Gasteiger partial charge in [0.05, 0.1) is 0 Å². The summed E-state index contributed by atoms with van der Waals surface area (Å²) in [5.41, 5.74) is 2.98. The highest BCUT2D eigenvalue weighted by Crippen LogP contribution is 2.48. The molecule has 0 heterocycles. The molecule has 0 amide bonds. The molecular weight excluding hydrogens is 287 g/mol. The second-order valence-electron chi connectivity index (χ2n) is 6.90. The number of Topliss-reactive ketones (excluding diaryl/α,β-unsaturated/α-hetero) is 1. The Hall–Kier alpha value is -2.22. The Bertz CT molecular complexity index is 726. The molecule has 23 heavy (non-hydrogen) atoms. The number of halogens is 1. The maximum atomic E-state index is 13.2. The van der Waals surface area contributed by atoms with Gasteiger partial charge in [0.25, 0.3) is 0 Å². The number of carbonyl (C=O) groups is 1. The van der Waals surface area contributed by atoms with Gasteiger partial charge in [-0.3, -0.25) is 4.79 Å². The summed E-state index contributed by atoms with van der Waals surface area (Å²) in [6.45, 7) is 4.39. The predicted octanol–water partition coefficient (Wildman–Crippen LogP) is 5.53. The molecule has 1 atom stereocenters. The average molecular weight is 308 g/mol. The van der Waals surface area contributed by atoms with Crippen molar-refractivity contribution in [2.24, 2.45) is 11.3 Å². The first-order valence-electron chi connectivity index (χ1n) is 8.01. The molecule has 0 spiro atoms. The fraction of sp³-hybridized carbons (Fsp3) is 0.286. The van der Waals surface area contributed by atoms with Crippen LogP contribution in [0, 0.1) is 17.2 Å². The van der Waals surface area contributed by atoms with Crippen LogP contribution >= 0.6 is 0 Å². The summed E-state index contributed by atoms with van der Waals surface area (Å²) >= 11 is 0. The minimum absolute atomic E-state index is 0.0359. The van der Waals surface area contributed by atoms with Gasteiger partial charge in [0.15, 0.2) is 5.78 Å². The van der Waals surface area contributed by atoms with Crippen LogP contribution in [0.1, 0.15) is 42.6 Å². The number of allylic oxidation sites excluding steroid dienone is 2. The van der Waals surface area contributed by atoms with E-state index < -0.39 is 0 Å². The van der Waals surface area contributed by atoms with E-state index >= 15 is 0 Å². The van der Waals surface area contributed by atoms with E-state index in [0.29, 0.717) is 6.42 Å². The number of rotatable bonds is 4. The first-order chi connectivity index (χ1) is 11.0. The summed E-state index contributed by atoms with van der Waals surface area (Å²) in [5, 5.41) is 0. The van der Waals surface area contributed by atoms with E-state index in [-0.39, 0.29) is 22.9 Å². The van der Waals surface area contributed by atoms with Gasteiger partial charge in [-0.15, -0.1) is 0 Å². The van der Waals surface area contributed by atoms with Crippen LogP contribution < -0.4 is 0 Å². The van der Waals surface area contributed by atoms with Crippen LogP contribution in [-0.4, -0.2) is 5.78 Å². The van der Waals surface area contributed by atoms with Gasteiger partial charge in [0.1, 0.15) is 5.82 Å². The Morgan fingerprint density at radius 2 is 1.74 bits per heavy atom. The summed E-state index contributed by atoms with van der Waals surface area (Å²) in [5.74, 6) is 0.0859. The van der Waals surface area contributed by atoms with Crippen LogP contribution in [0.5, 0.6) is 0 Å². The van der Waals surface area contributed by atoms with Gasteiger partial charge < -0.3 is 0 Å². The monoisotopic (exact) mass is 308 g/mol. The summed E-state index contributed by atoms with van der Waals surface area (Å²) in [7, 11) is 0. The molecule has 3 rings (SSSR count). The minimum Gasteiger partial charge on any atom is -0.294 e. The zero-order valence-corrected chi connectivity index (χ0v) is 13.6. The quantitative estimate of drug-likeness (QED) is 0.679. The van der Waals surface area contributed by atoms with Crippen molar-refractivity contribution in [1.82, 2.24) is 0 Å². The molecule has 2 aromatic carbocycles. The predicted molar refractivity (Wildman–Crippen MR) is 91.7 cm³/mol. The topological polar surface area (TPSA) is 17.1 Å². The second-order valence-corrected chi connectivity index (χ2v) is 6.90. The third-order valence-electron chi connectivity index (χ3n) is 4.83. The fourth-order valence-electron chi connectivity index (χ4n) is 3.35. The lowest BCUT2D eigenvalue weighted by atomic mass is 9.74. The Morgan fingerprint density at radius 3 is 2.39 bits per heavy atom. The normalized spacial score (nSPS) is 19.4.